The minimum absolute atomic E-state index is 0.0896. The minimum atomic E-state index is -4.28. The van der Waals surface area contributed by atoms with Gasteiger partial charge in [0.05, 0.1) is 19.8 Å². The molecule has 0 saturated carbocycles. The number of unbranched alkanes of at least 4 members (excludes halogenated alkanes) is 40. The van der Waals surface area contributed by atoms with Gasteiger partial charge in [0.2, 0.25) is 0 Å². The maximum absolute atomic E-state index is 12.7. The van der Waals surface area contributed by atoms with Crippen LogP contribution in [-0.4, -0.2) is 49.9 Å². The summed E-state index contributed by atoms with van der Waals surface area (Å²) in [5.74, 6) is -0.320. The molecule has 0 aromatic rings. The first-order valence-corrected chi connectivity index (χ1v) is 28.5. The lowest BCUT2D eigenvalue weighted by Gasteiger charge is -2.20. The highest BCUT2D eigenvalue weighted by molar-refractivity contribution is 7.47. The van der Waals surface area contributed by atoms with Crippen LogP contribution in [-0.2, 0) is 27.9 Å². The smallest absolute Gasteiger partial charge is 0.457 e. The lowest BCUT2D eigenvalue weighted by Crippen LogP contribution is -2.28. The van der Waals surface area contributed by atoms with Crippen LogP contribution in [0.5, 0.6) is 0 Å². The third kappa shape index (κ3) is 50.4. The number of ether oxygens (including phenoxy) is 2. The van der Waals surface area contributed by atoms with Crippen LogP contribution < -0.4 is 5.73 Å². The molecule has 0 rings (SSSR count). The first-order chi connectivity index (χ1) is 29.9. The highest BCUT2D eigenvalue weighted by atomic mass is 31.2. The van der Waals surface area contributed by atoms with Gasteiger partial charge in [-0.05, 0) is 12.8 Å². The molecule has 61 heavy (non-hydrogen) atoms. The monoisotopic (exact) mass is 888 g/mol. The Labute approximate surface area is 380 Å². The fourth-order valence-corrected chi connectivity index (χ4v) is 9.06. The van der Waals surface area contributed by atoms with E-state index < -0.39 is 13.9 Å². The van der Waals surface area contributed by atoms with Gasteiger partial charge < -0.3 is 20.1 Å². The Hall–Kier alpha value is -0.500. The number of phosphoric acid groups is 1. The van der Waals surface area contributed by atoms with Crippen molar-refractivity contribution in [3.05, 3.63) is 0 Å². The summed E-state index contributed by atoms with van der Waals surface area (Å²) in [7, 11) is -4.28. The number of carbonyl (C=O) groups is 1. The number of carbonyl (C=O) groups excluding carboxylic acids is 1. The Bertz CT molecular complexity index is 909. The van der Waals surface area contributed by atoms with Crippen molar-refractivity contribution >= 4 is 13.8 Å². The SMILES string of the molecule is CCCCCCCCCCCCCCCCCCCCCCCCCCC(=O)OC(COCCCCCCCCCCCCCCCCCCCC)COP(=O)(O)OCCN. The molecule has 0 spiro atoms. The number of phosphoric ester groups is 1. The number of nitrogens with two attached hydrogens (primary N) is 1. The highest BCUT2D eigenvalue weighted by Gasteiger charge is 2.25. The van der Waals surface area contributed by atoms with Gasteiger partial charge in [0.25, 0.3) is 0 Å². The minimum Gasteiger partial charge on any atom is -0.457 e. The summed E-state index contributed by atoms with van der Waals surface area (Å²) in [5, 5.41) is 0. The molecule has 2 unspecified atom stereocenters. The molecule has 0 aliphatic carbocycles. The van der Waals surface area contributed by atoms with E-state index in [9.17, 15) is 14.3 Å². The Morgan fingerprint density at radius 3 is 1.03 bits per heavy atom. The van der Waals surface area contributed by atoms with E-state index >= 15 is 0 Å². The summed E-state index contributed by atoms with van der Waals surface area (Å²) in [5.41, 5.74) is 5.39. The predicted octanol–water partition coefficient (Wildman–Crippen LogP) is 16.8. The van der Waals surface area contributed by atoms with Crippen LogP contribution in [0.4, 0.5) is 0 Å². The summed E-state index contributed by atoms with van der Waals surface area (Å²) in [6, 6.07) is 0. The van der Waals surface area contributed by atoms with E-state index in [-0.39, 0.29) is 32.3 Å². The molecule has 0 aliphatic rings. The molecule has 0 radical (unpaired) electrons. The fraction of sp³-hybridized carbons (Fsp3) is 0.981. The molecule has 0 aromatic carbocycles. The van der Waals surface area contributed by atoms with Crippen molar-refractivity contribution in [1.29, 1.82) is 0 Å². The zero-order valence-corrected chi connectivity index (χ0v) is 41.8. The van der Waals surface area contributed by atoms with Crippen LogP contribution in [0.2, 0.25) is 0 Å². The maximum Gasteiger partial charge on any atom is 0.472 e. The molecular weight excluding hydrogens is 782 g/mol. The van der Waals surface area contributed by atoms with E-state index in [2.05, 4.69) is 13.8 Å². The van der Waals surface area contributed by atoms with E-state index in [1.165, 1.54) is 238 Å². The molecule has 366 valence electrons. The van der Waals surface area contributed by atoms with Crippen LogP contribution in [0.15, 0.2) is 0 Å². The molecule has 8 nitrogen and oxygen atoms in total. The van der Waals surface area contributed by atoms with Crippen LogP contribution >= 0.6 is 7.82 Å². The largest absolute Gasteiger partial charge is 0.472 e. The molecule has 0 fully saturated rings. The number of esters is 1. The van der Waals surface area contributed by atoms with Gasteiger partial charge >= 0.3 is 13.8 Å². The first kappa shape index (κ1) is 60.5. The van der Waals surface area contributed by atoms with Crippen molar-refractivity contribution in [3.63, 3.8) is 0 Å². The summed E-state index contributed by atoms with van der Waals surface area (Å²) in [6.45, 7) is 5.02. The van der Waals surface area contributed by atoms with Gasteiger partial charge in [-0.15, -0.1) is 0 Å². The van der Waals surface area contributed by atoms with Gasteiger partial charge in [-0.25, -0.2) is 4.57 Å². The van der Waals surface area contributed by atoms with Gasteiger partial charge in [0, 0.05) is 19.6 Å². The lowest BCUT2D eigenvalue weighted by molar-refractivity contribution is -0.154. The quantitative estimate of drug-likeness (QED) is 0.0352. The third-order valence-corrected chi connectivity index (χ3v) is 13.3. The van der Waals surface area contributed by atoms with E-state index in [0.717, 1.165) is 32.1 Å². The second kappa shape index (κ2) is 50.5. The molecule has 2 atom stereocenters. The number of hydrogen-bond acceptors (Lipinski definition) is 7. The second-order valence-corrected chi connectivity index (χ2v) is 19.9. The lowest BCUT2D eigenvalue weighted by atomic mass is 10.0. The molecule has 0 bridgehead atoms. The van der Waals surface area contributed by atoms with E-state index in [0.29, 0.717) is 13.0 Å². The summed E-state index contributed by atoms with van der Waals surface area (Å²) in [4.78, 5) is 22.6. The molecular formula is C52H106NO7P. The van der Waals surface area contributed by atoms with E-state index in [1.807, 2.05) is 0 Å². The summed E-state index contributed by atoms with van der Waals surface area (Å²) < 4.78 is 33.6. The maximum atomic E-state index is 12.7. The standard InChI is InChI=1S/C52H106NO7P/c1-3-5-7-9-11-13-15-17-19-21-23-24-25-26-27-28-29-31-33-35-37-39-41-43-45-52(54)60-51(50-59-61(55,56)58-48-46-53)49-57-47-44-42-40-38-36-34-32-30-22-20-18-16-14-12-10-8-6-4-2/h51H,3-50,53H2,1-2H3,(H,55,56). The van der Waals surface area contributed by atoms with Gasteiger partial charge in [0.1, 0.15) is 6.10 Å². The normalized spacial score (nSPS) is 13.2. The third-order valence-electron chi connectivity index (χ3n) is 12.3. The van der Waals surface area contributed by atoms with E-state index in [4.69, 9.17) is 24.3 Å². The molecule has 0 aromatic heterocycles. The Morgan fingerprint density at radius 1 is 0.426 bits per heavy atom. The van der Waals surface area contributed by atoms with Gasteiger partial charge in [0.15, 0.2) is 0 Å². The van der Waals surface area contributed by atoms with Crippen LogP contribution in [0.1, 0.15) is 290 Å². The predicted molar refractivity (Wildman–Crippen MR) is 261 cm³/mol. The van der Waals surface area contributed by atoms with Gasteiger partial charge in [-0.3, -0.25) is 13.8 Å². The first-order valence-electron chi connectivity index (χ1n) is 27.0. The Morgan fingerprint density at radius 2 is 0.721 bits per heavy atom. The van der Waals surface area contributed by atoms with Crippen molar-refractivity contribution in [2.45, 2.75) is 296 Å². The van der Waals surface area contributed by atoms with E-state index in [1.54, 1.807) is 0 Å². The van der Waals surface area contributed by atoms with Gasteiger partial charge in [-0.2, -0.15) is 0 Å². The average Bonchev–Trinajstić information content (AvgIpc) is 3.25. The zero-order chi connectivity index (χ0) is 44.4. The summed E-state index contributed by atoms with van der Waals surface area (Å²) >= 11 is 0. The number of hydrogen-bond donors (Lipinski definition) is 2. The van der Waals surface area contributed by atoms with Crippen molar-refractivity contribution < 1.29 is 32.8 Å². The molecule has 0 saturated heterocycles. The Balaban J connectivity index is 3.84. The van der Waals surface area contributed by atoms with Crippen molar-refractivity contribution in [2.75, 3.05) is 33.0 Å². The van der Waals surface area contributed by atoms with Gasteiger partial charge in [-0.1, -0.05) is 271 Å². The average molecular weight is 888 g/mol. The second-order valence-electron chi connectivity index (χ2n) is 18.5. The van der Waals surface area contributed by atoms with Crippen LogP contribution in [0, 0.1) is 0 Å². The topological polar surface area (TPSA) is 117 Å². The van der Waals surface area contributed by atoms with Crippen LogP contribution in [0.3, 0.4) is 0 Å². The summed E-state index contributed by atoms with van der Waals surface area (Å²) in [6.07, 6.45) is 55.7. The molecule has 3 N–H and O–H groups in total. The van der Waals surface area contributed by atoms with Crippen molar-refractivity contribution in [1.82, 2.24) is 0 Å². The highest BCUT2D eigenvalue weighted by Crippen LogP contribution is 2.43. The fourth-order valence-electron chi connectivity index (χ4n) is 8.30. The number of rotatable bonds is 53. The van der Waals surface area contributed by atoms with Crippen molar-refractivity contribution in [3.8, 4) is 0 Å². The molecule has 0 aliphatic heterocycles. The Kier molecular flexibility index (Phi) is 50.1. The molecule has 0 amide bonds. The van der Waals surface area contributed by atoms with Crippen molar-refractivity contribution in [2.24, 2.45) is 5.73 Å². The van der Waals surface area contributed by atoms with Crippen LogP contribution in [0.25, 0.3) is 0 Å². The zero-order valence-electron chi connectivity index (χ0n) is 40.9. The molecule has 0 heterocycles. The molecule has 9 heteroatoms.